The van der Waals surface area contributed by atoms with E-state index in [0.29, 0.717) is 37.6 Å². The number of aryl methyl sites for hydroxylation is 1. The molecule has 0 unspecified atom stereocenters. The highest BCUT2D eigenvalue weighted by molar-refractivity contribution is 7.89. The first-order valence-corrected chi connectivity index (χ1v) is 10.7. The second-order valence-electron chi connectivity index (χ2n) is 7.48. The number of benzene rings is 1. The van der Waals surface area contributed by atoms with Crippen molar-refractivity contribution in [2.75, 3.05) is 32.7 Å². The van der Waals surface area contributed by atoms with Gasteiger partial charge in [0, 0.05) is 38.3 Å². The van der Waals surface area contributed by atoms with E-state index in [9.17, 15) is 13.2 Å². The van der Waals surface area contributed by atoms with Crippen LogP contribution in [0.25, 0.3) is 0 Å². The molecule has 0 radical (unpaired) electrons. The third-order valence-electron chi connectivity index (χ3n) is 4.75. The minimum Gasteiger partial charge on any atom is -0.337 e. The van der Waals surface area contributed by atoms with Crippen LogP contribution in [-0.4, -0.2) is 73.2 Å². The Kier molecular flexibility index (Phi) is 6.82. The molecule has 1 amide bonds. The summed E-state index contributed by atoms with van der Waals surface area (Å²) in [6, 6.07) is 7.26. The Labute approximate surface area is 157 Å². The van der Waals surface area contributed by atoms with Gasteiger partial charge < -0.3 is 4.90 Å². The molecular formula is C19H31N3O3S. The molecule has 1 aliphatic rings. The Balaban J connectivity index is 1.96. The number of carbonyl (C=O) groups excluding carboxylic acids is 1. The number of carbonyl (C=O) groups is 1. The van der Waals surface area contributed by atoms with Crippen LogP contribution in [0.5, 0.6) is 0 Å². The minimum absolute atomic E-state index is 0.102. The predicted molar refractivity (Wildman–Crippen MR) is 103 cm³/mol. The first kappa shape index (κ1) is 20.9. The van der Waals surface area contributed by atoms with E-state index in [-0.39, 0.29) is 18.0 Å². The second kappa shape index (κ2) is 8.50. The quantitative estimate of drug-likeness (QED) is 0.756. The molecule has 146 valence electrons. The standard InChI is InChI=1S/C19H31N3O3S/c1-15(2)22(16(3)4)19(23)14-20-10-12-21(13-11-20)26(24,25)18-8-6-17(5)7-9-18/h6-9,15-16H,10-14H2,1-5H3. The Bertz CT molecular complexity index is 698. The normalized spacial score (nSPS) is 17.0. The summed E-state index contributed by atoms with van der Waals surface area (Å²) in [4.78, 5) is 16.8. The largest absolute Gasteiger partial charge is 0.337 e. The van der Waals surface area contributed by atoms with Crippen molar-refractivity contribution in [1.82, 2.24) is 14.1 Å². The molecule has 0 aromatic heterocycles. The summed E-state index contributed by atoms with van der Waals surface area (Å²) in [6.45, 7) is 12.3. The van der Waals surface area contributed by atoms with Crippen LogP contribution in [0.4, 0.5) is 0 Å². The van der Waals surface area contributed by atoms with Crippen LogP contribution >= 0.6 is 0 Å². The van der Waals surface area contributed by atoms with E-state index < -0.39 is 10.0 Å². The molecule has 0 atom stereocenters. The first-order chi connectivity index (χ1) is 12.1. The molecule has 26 heavy (non-hydrogen) atoms. The number of sulfonamides is 1. The summed E-state index contributed by atoms with van der Waals surface area (Å²) in [5, 5.41) is 0. The lowest BCUT2D eigenvalue weighted by molar-refractivity contribution is -0.136. The van der Waals surface area contributed by atoms with Crippen LogP contribution in [0.2, 0.25) is 0 Å². The van der Waals surface area contributed by atoms with E-state index in [0.717, 1.165) is 5.56 Å². The lowest BCUT2D eigenvalue weighted by Gasteiger charge is -2.36. The SMILES string of the molecule is Cc1ccc(S(=O)(=O)N2CCN(CC(=O)N(C(C)C)C(C)C)CC2)cc1. The van der Waals surface area contributed by atoms with Gasteiger partial charge in [0.05, 0.1) is 11.4 Å². The maximum absolute atomic E-state index is 12.7. The van der Waals surface area contributed by atoms with E-state index in [1.54, 1.807) is 12.1 Å². The lowest BCUT2D eigenvalue weighted by Crippen LogP contribution is -2.53. The van der Waals surface area contributed by atoms with E-state index in [2.05, 4.69) is 0 Å². The summed E-state index contributed by atoms with van der Waals surface area (Å²) >= 11 is 0. The highest BCUT2D eigenvalue weighted by Gasteiger charge is 2.30. The van der Waals surface area contributed by atoms with E-state index in [1.165, 1.54) is 4.31 Å². The van der Waals surface area contributed by atoms with Gasteiger partial charge in [0.15, 0.2) is 0 Å². The molecule has 1 fully saturated rings. The van der Waals surface area contributed by atoms with Crippen molar-refractivity contribution in [3.63, 3.8) is 0 Å². The maximum Gasteiger partial charge on any atom is 0.243 e. The zero-order valence-corrected chi connectivity index (χ0v) is 17.3. The average Bonchev–Trinajstić information content (AvgIpc) is 2.55. The van der Waals surface area contributed by atoms with Gasteiger partial charge in [0.25, 0.3) is 0 Å². The molecule has 0 saturated carbocycles. The fourth-order valence-electron chi connectivity index (χ4n) is 3.43. The lowest BCUT2D eigenvalue weighted by atomic mass is 10.2. The molecule has 1 aromatic rings. The number of nitrogens with zero attached hydrogens (tertiary/aromatic N) is 3. The van der Waals surface area contributed by atoms with Crippen LogP contribution in [-0.2, 0) is 14.8 Å². The Morgan fingerprint density at radius 2 is 1.50 bits per heavy atom. The molecule has 6 nitrogen and oxygen atoms in total. The van der Waals surface area contributed by atoms with Gasteiger partial charge in [0.1, 0.15) is 0 Å². The van der Waals surface area contributed by atoms with Gasteiger partial charge in [-0.05, 0) is 46.8 Å². The van der Waals surface area contributed by atoms with Crippen molar-refractivity contribution in [3.05, 3.63) is 29.8 Å². The van der Waals surface area contributed by atoms with Crippen LogP contribution in [0.3, 0.4) is 0 Å². The summed E-state index contributed by atoms with van der Waals surface area (Å²) in [5.41, 5.74) is 1.03. The zero-order valence-electron chi connectivity index (χ0n) is 16.5. The third-order valence-corrected chi connectivity index (χ3v) is 6.66. The van der Waals surface area contributed by atoms with Crippen molar-refractivity contribution < 1.29 is 13.2 Å². The number of piperazine rings is 1. The highest BCUT2D eigenvalue weighted by Crippen LogP contribution is 2.18. The fraction of sp³-hybridized carbons (Fsp3) is 0.632. The van der Waals surface area contributed by atoms with Gasteiger partial charge in [-0.15, -0.1) is 0 Å². The first-order valence-electron chi connectivity index (χ1n) is 9.23. The van der Waals surface area contributed by atoms with Crippen LogP contribution < -0.4 is 0 Å². The summed E-state index contributed by atoms with van der Waals surface area (Å²) < 4.78 is 27.0. The van der Waals surface area contributed by atoms with Gasteiger partial charge in [-0.3, -0.25) is 9.69 Å². The van der Waals surface area contributed by atoms with Crippen molar-refractivity contribution >= 4 is 15.9 Å². The topological polar surface area (TPSA) is 60.9 Å². The van der Waals surface area contributed by atoms with Gasteiger partial charge in [-0.1, -0.05) is 17.7 Å². The number of hydrogen-bond donors (Lipinski definition) is 0. The number of rotatable bonds is 6. The predicted octanol–water partition coefficient (Wildman–Crippen LogP) is 1.95. The van der Waals surface area contributed by atoms with Gasteiger partial charge in [-0.2, -0.15) is 4.31 Å². The van der Waals surface area contributed by atoms with Crippen LogP contribution in [0.15, 0.2) is 29.2 Å². The van der Waals surface area contributed by atoms with Crippen molar-refractivity contribution in [3.8, 4) is 0 Å². The molecule has 1 heterocycles. The maximum atomic E-state index is 12.7. The van der Waals surface area contributed by atoms with Crippen molar-refractivity contribution in [2.24, 2.45) is 0 Å². The van der Waals surface area contributed by atoms with Gasteiger partial charge >= 0.3 is 0 Å². The monoisotopic (exact) mass is 381 g/mol. The van der Waals surface area contributed by atoms with Crippen LogP contribution in [0.1, 0.15) is 33.3 Å². The summed E-state index contributed by atoms with van der Waals surface area (Å²) in [6.07, 6.45) is 0. The van der Waals surface area contributed by atoms with Crippen molar-refractivity contribution in [2.45, 2.75) is 51.6 Å². The van der Waals surface area contributed by atoms with E-state index in [4.69, 9.17) is 0 Å². The summed E-state index contributed by atoms with van der Waals surface area (Å²) in [5.74, 6) is 0.102. The smallest absolute Gasteiger partial charge is 0.243 e. The molecule has 1 aromatic carbocycles. The minimum atomic E-state index is -3.46. The third kappa shape index (κ3) is 4.84. The zero-order chi connectivity index (χ0) is 19.5. The summed E-state index contributed by atoms with van der Waals surface area (Å²) in [7, 11) is -3.46. The second-order valence-corrected chi connectivity index (χ2v) is 9.42. The Morgan fingerprint density at radius 3 is 1.96 bits per heavy atom. The molecule has 0 aliphatic carbocycles. The Hall–Kier alpha value is -1.44. The molecule has 2 rings (SSSR count). The molecule has 1 saturated heterocycles. The van der Waals surface area contributed by atoms with Crippen molar-refractivity contribution in [1.29, 1.82) is 0 Å². The highest BCUT2D eigenvalue weighted by atomic mass is 32.2. The molecule has 1 aliphatic heterocycles. The molecular weight excluding hydrogens is 350 g/mol. The number of hydrogen-bond acceptors (Lipinski definition) is 4. The molecule has 7 heteroatoms. The van der Waals surface area contributed by atoms with E-state index >= 15 is 0 Å². The average molecular weight is 382 g/mol. The van der Waals surface area contributed by atoms with Crippen LogP contribution in [0, 0.1) is 6.92 Å². The Morgan fingerprint density at radius 1 is 1.00 bits per heavy atom. The van der Waals surface area contributed by atoms with Gasteiger partial charge in [0.2, 0.25) is 15.9 Å². The molecule has 0 spiro atoms. The molecule has 0 bridgehead atoms. The van der Waals surface area contributed by atoms with E-state index in [1.807, 2.05) is 56.6 Å². The molecule has 0 N–H and O–H groups in total. The van der Waals surface area contributed by atoms with Gasteiger partial charge in [-0.25, -0.2) is 8.42 Å². The fourth-order valence-corrected chi connectivity index (χ4v) is 4.85. The number of amides is 1.